The van der Waals surface area contributed by atoms with Gasteiger partial charge in [0.2, 0.25) is 0 Å². The van der Waals surface area contributed by atoms with Crippen molar-refractivity contribution in [3.8, 4) is 0 Å². The molecule has 1 aliphatic rings. The molecule has 0 bridgehead atoms. The summed E-state index contributed by atoms with van der Waals surface area (Å²) in [6.07, 6.45) is 3.79. The molecule has 1 saturated heterocycles. The molecule has 1 atom stereocenters. The molecule has 0 saturated carbocycles. The average molecular weight is 357 g/mol. The van der Waals surface area contributed by atoms with Crippen molar-refractivity contribution >= 4 is 0 Å². The number of hydrogen-bond donors (Lipinski definition) is 1. The Kier molecular flexibility index (Phi) is 5.38. The van der Waals surface area contributed by atoms with Gasteiger partial charge in [-0.25, -0.2) is 0 Å². The fourth-order valence-electron chi connectivity index (χ4n) is 4.48. The lowest BCUT2D eigenvalue weighted by atomic mass is 9.74. The molecule has 0 radical (unpaired) electrons. The molecule has 0 amide bonds. The predicted molar refractivity (Wildman–Crippen MR) is 112 cm³/mol. The Morgan fingerprint density at radius 3 is 1.56 bits per heavy atom. The highest BCUT2D eigenvalue weighted by atomic mass is 15.2. The lowest BCUT2D eigenvalue weighted by Crippen LogP contribution is -2.52. The maximum Gasteiger partial charge on any atom is 0.0865 e. The van der Waals surface area contributed by atoms with Gasteiger partial charge < -0.3 is 5.73 Å². The van der Waals surface area contributed by atoms with Gasteiger partial charge in [0.05, 0.1) is 11.6 Å². The summed E-state index contributed by atoms with van der Waals surface area (Å²) in [5.41, 5.74) is 10.4. The van der Waals surface area contributed by atoms with Gasteiger partial charge in [0.15, 0.2) is 0 Å². The van der Waals surface area contributed by atoms with E-state index in [9.17, 15) is 0 Å². The van der Waals surface area contributed by atoms with Gasteiger partial charge in [-0.05, 0) is 42.6 Å². The summed E-state index contributed by atoms with van der Waals surface area (Å²) in [5, 5.41) is 0. The molecular formula is C25H28N2. The number of nitrogens with zero attached hydrogens (tertiary/aromatic N) is 1. The van der Waals surface area contributed by atoms with E-state index in [-0.39, 0.29) is 6.04 Å². The molecule has 138 valence electrons. The molecule has 1 fully saturated rings. The molecule has 1 aliphatic heterocycles. The van der Waals surface area contributed by atoms with Gasteiger partial charge in [-0.15, -0.1) is 0 Å². The van der Waals surface area contributed by atoms with E-state index in [4.69, 9.17) is 5.73 Å². The third-order valence-electron chi connectivity index (χ3n) is 5.81. The summed E-state index contributed by atoms with van der Waals surface area (Å²) in [5.74, 6) is 0. The second-order valence-electron chi connectivity index (χ2n) is 7.51. The first kappa shape index (κ1) is 18.0. The lowest BCUT2D eigenvalue weighted by molar-refractivity contribution is 0.113. The SMILES string of the molecule is NC(c1ccccc1)(c1ccccc1)[C@H](c1ccccc1)N1CCCCC1. The summed E-state index contributed by atoms with van der Waals surface area (Å²) in [4.78, 5) is 2.60. The summed E-state index contributed by atoms with van der Waals surface area (Å²) in [6, 6.07) is 32.1. The molecule has 3 aromatic rings. The number of hydrogen-bond acceptors (Lipinski definition) is 2. The van der Waals surface area contributed by atoms with E-state index in [0.717, 1.165) is 24.2 Å². The van der Waals surface area contributed by atoms with Crippen molar-refractivity contribution in [3.63, 3.8) is 0 Å². The standard InChI is InChI=1S/C25H28N2/c26-25(22-15-7-2-8-16-22,23-17-9-3-10-18-23)24(21-13-5-1-6-14-21)27-19-11-4-12-20-27/h1-3,5-10,13-18,24H,4,11-12,19-20,26H2/t24-/m0/s1. The zero-order valence-electron chi connectivity index (χ0n) is 15.8. The molecule has 2 N–H and O–H groups in total. The first-order valence-electron chi connectivity index (χ1n) is 9.99. The van der Waals surface area contributed by atoms with Crippen molar-refractivity contribution < 1.29 is 0 Å². The van der Waals surface area contributed by atoms with Gasteiger partial charge in [0.1, 0.15) is 0 Å². The van der Waals surface area contributed by atoms with Gasteiger partial charge in [0, 0.05) is 0 Å². The minimum atomic E-state index is -0.610. The number of rotatable bonds is 5. The van der Waals surface area contributed by atoms with Crippen molar-refractivity contribution in [2.45, 2.75) is 30.8 Å². The Balaban J connectivity index is 1.91. The summed E-state index contributed by atoms with van der Waals surface area (Å²) in [6.45, 7) is 2.19. The maximum atomic E-state index is 7.41. The molecule has 2 heteroatoms. The summed E-state index contributed by atoms with van der Waals surface area (Å²) in [7, 11) is 0. The number of piperidine rings is 1. The largest absolute Gasteiger partial charge is 0.316 e. The Bertz CT molecular complexity index is 784. The summed E-state index contributed by atoms with van der Waals surface area (Å²) < 4.78 is 0. The minimum Gasteiger partial charge on any atom is -0.316 e. The number of nitrogens with two attached hydrogens (primary N) is 1. The zero-order chi connectivity index (χ0) is 18.5. The number of likely N-dealkylation sites (tertiary alicyclic amines) is 1. The Hall–Kier alpha value is -2.42. The fraction of sp³-hybridized carbons (Fsp3) is 0.280. The average Bonchev–Trinajstić information content (AvgIpc) is 2.76. The van der Waals surface area contributed by atoms with E-state index in [1.165, 1.54) is 24.8 Å². The van der Waals surface area contributed by atoms with Crippen LogP contribution in [0.2, 0.25) is 0 Å². The minimum absolute atomic E-state index is 0.101. The van der Waals surface area contributed by atoms with Crippen LogP contribution in [0.25, 0.3) is 0 Å². The molecule has 27 heavy (non-hydrogen) atoms. The number of benzene rings is 3. The van der Waals surface area contributed by atoms with Crippen LogP contribution in [0.5, 0.6) is 0 Å². The van der Waals surface area contributed by atoms with Crippen LogP contribution < -0.4 is 5.73 Å². The smallest absolute Gasteiger partial charge is 0.0865 e. The molecule has 4 rings (SSSR count). The van der Waals surface area contributed by atoms with Crippen molar-refractivity contribution in [2.75, 3.05) is 13.1 Å². The highest BCUT2D eigenvalue weighted by Gasteiger charge is 2.42. The van der Waals surface area contributed by atoms with Gasteiger partial charge in [-0.3, -0.25) is 4.90 Å². The van der Waals surface area contributed by atoms with Crippen LogP contribution in [0.4, 0.5) is 0 Å². The van der Waals surface area contributed by atoms with Crippen LogP contribution in [0.3, 0.4) is 0 Å². The molecule has 0 aliphatic carbocycles. The molecule has 1 heterocycles. The molecule has 2 nitrogen and oxygen atoms in total. The van der Waals surface area contributed by atoms with Crippen LogP contribution in [0.1, 0.15) is 42.0 Å². The highest BCUT2D eigenvalue weighted by molar-refractivity contribution is 5.43. The van der Waals surface area contributed by atoms with Crippen molar-refractivity contribution in [3.05, 3.63) is 108 Å². The molecular weight excluding hydrogens is 328 g/mol. The van der Waals surface area contributed by atoms with Gasteiger partial charge >= 0.3 is 0 Å². The van der Waals surface area contributed by atoms with Crippen molar-refractivity contribution in [1.82, 2.24) is 4.90 Å². The Labute approximate surface area is 162 Å². The quantitative estimate of drug-likeness (QED) is 0.688. The molecule has 0 unspecified atom stereocenters. The lowest BCUT2D eigenvalue weighted by Gasteiger charge is -2.46. The van der Waals surface area contributed by atoms with Gasteiger partial charge in [0.25, 0.3) is 0 Å². The topological polar surface area (TPSA) is 29.3 Å². The van der Waals surface area contributed by atoms with E-state index in [2.05, 4.69) is 95.9 Å². The van der Waals surface area contributed by atoms with Crippen LogP contribution in [-0.4, -0.2) is 18.0 Å². The molecule has 0 aromatic heterocycles. The first-order valence-corrected chi connectivity index (χ1v) is 9.99. The third-order valence-corrected chi connectivity index (χ3v) is 5.81. The predicted octanol–water partition coefficient (Wildman–Crippen LogP) is 5.12. The molecule has 0 spiro atoms. The summed E-state index contributed by atoms with van der Waals surface area (Å²) >= 11 is 0. The van der Waals surface area contributed by atoms with Crippen LogP contribution in [0.15, 0.2) is 91.0 Å². The molecule has 3 aromatic carbocycles. The van der Waals surface area contributed by atoms with E-state index in [1.54, 1.807) is 0 Å². The van der Waals surface area contributed by atoms with Gasteiger partial charge in [-0.2, -0.15) is 0 Å². The maximum absolute atomic E-state index is 7.41. The Morgan fingerprint density at radius 2 is 1.07 bits per heavy atom. The second-order valence-corrected chi connectivity index (χ2v) is 7.51. The highest BCUT2D eigenvalue weighted by Crippen LogP contribution is 2.43. The first-order chi connectivity index (χ1) is 13.3. The monoisotopic (exact) mass is 356 g/mol. The van der Waals surface area contributed by atoms with E-state index in [0.29, 0.717) is 0 Å². The zero-order valence-corrected chi connectivity index (χ0v) is 15.8. The van der Waals surface area contributed by atoms with E-state index < -0.39 is 5.54 Å². The van der Waals surface area contributed by atoms with E-state index >= 15 is 0 Å². The van der Waals surface area contributed by atoms with Crippen molar-refractivity contribution in [2.24, 2.45) is 5.73 Å². The third kappa shape index (κ3) is 3.55. The normalized spacial score (nSPS) is 16.8. The second kappa shape index (κ2) is 8.08. The van der Waals surface area contributed by atoms with Gasteiger partial charge in [-0.1, -0.05) is 97.4 Å². The van der Waals surface area contributed by atoms with Crippen LogP contribution in [0, 0.1) is 0 Å². The van der Waals surface area contributed by atoms with E-state index in [1.807, 2.05) is 0 Å². The van der Waals surface area contributed by atoms with Crippen LogP contribution in [-0.2, 0) is 5.54 Å². The van der Waals surface area contributed by atoms with Crippen molar-refractivity contribution in [1.29, 1.82) is 0 Å². The Morgan fingerprint density at radius 1 is 0.630 bits per heavy atom. The fourth-order valence-corrected chi connectivity index (χ4v) is 4.48. The van der Waals surface area contributed by atoms with Crippen LogP contribution >= 0.6 is 0 Å².